The van der Waals surface area contributed by atoms with Gasteiger partial charge in [-0.2, -0.15) is 0 Å². The summed E-state index contributed by atoms with van der Waals surface area (Å²) in [4.78, 5) is 23.4. The number of hydrogen-bond donors (Lipinski definition) is 2. The Labute approximate surface area is 121 Å². The molecule has 5 heteroatoms. The minimum absolute atomic E-state index is 0.0798. The summed E-state index contributed by atoms with van der Waals surface area (Å²) < 4.78 is 5.32. The van der Waals surface area contributed by atoms with E-state index in [4.69, 9.17) is 4.74 Å². The quantitative estimate of drug-likeness (QED) is 0.753. The van der Waals surface area contributed by atoms with E-state index in [0.29, 0.717) is 25.4 Å². The van der Waals surface area contributed by atoms with E-state index < -0.39 is 11.5 Å². The Hall–Kier alpha value is -1.10. The van der Waals surface area contributed by atoms with Crippen LogP contribution in [0.15, 0.2) is 0 Å². The molecule has 0 atom stereocenters. The van der Waals surface area contributed by atoms with Crippen LogP contribution in [-0.2, 0) is 14.3 Å². The van der Waals surface area contributed by atoms with Gasteiger partial charge in [0, 0.05) is 6.42 Å². The first kappa shape index (κ1) is 17.0. The number of carboxylic acid groups (broad SMARTS) is 1. The number of carboxylic acids is 1. The number of amides is 1. The topological polar surface area (TPSA) is 75.6 Å². The zero-order chi connectivity index (χ0) is 15.2. The third-order valence-corrected chi connectivity index (χ3v) is 4.10. The fraction of sp³-hybridized carbons (Fsp3) is 0.867. The molecule has 20 heavy (non-hydrogen) atoms. The highest BCUT2D eigenvalue weighted by Crippen LogP contribution is 2.34. The summed E-state index contributed by atoms with van der Waals surface area (Å²) in [6, 6.07) is 0. The number of rotatable bonds is 7. The van der Waals surface area contributed by atoms with Crippen molar-refractivity contribution in [1.82, 2.24) is 5.32 Å². The van der Waals surface area contributed by atoms with Crippen molar-refractivity contribution < 1.29 is 19.4 Å². The third kappa shape index (κ3) is 4.78. The molecule has 0 aromatic carbocycles. The molecule has 0 spiro atoms. The zero-order valence-corrected chi connectivity index (χ0v) is 12.8. The minimum Gasteiger partial charge on any atom is -0.480 e. The molecule has 0 aliphatic heterocycles. The van der Waals surface area contributed by atoms with Gasteiger partial charge in [-0.15, -0.1) is 0 Å². The smallest absolute Gasteiger partial charge is 0.329 e. The predicted octanol–water partition coefficient (Wildman–Crippen LogP) is 2.34. The molecule has 0 unspecified atom stereocenters. The molecular formula is C15H27NO4. The van der Waals surface area contributed by atoms with Crippen LogP contribution in [0.3, 0.4) is 0 Å². The fourth-order valence-electron chi connectivity index (χ4n) is 2.69. The lowest BCUT2D eigenvalue weighted by Crippen LogP contribution is -2.56. The fourth-order valence-corrected chi connectivity index (χ4v) is 2.69. The van der Waals surface area contributed by atoms with Crippen LogP contribution in [0.4, 0.5) is 0 Å². The van der Waals surface area contributed by atoms with Gasteiger partial charge in [0.15, 0.2) is 0 Å². The van der Waals surface area contributed by atoms with Crippen molar-refractivity contribution in [2.24, 2.45) is 5.92 Å². The summed E-state index contributed by atoms with van der Waals surface area (Å²) in [5.41, 5.74) is -1.07. The van der Waals surface area contributed by atoms with Crippen molar-refractivity contribution in [3.8, 4) is 0 Å². The first-order valence-electron chi connectivity index (χ1n) is 7.55. The molecule has 2 N–H and O–H groups in total. The minimum atomic E-state index is -1.07. The third-order valence-electron chi connectivity index (χ3n) is 4.10. The normalized spacial score (nSPS) is 26.5. The van der Waals surface area contributed by atoms with E-state index in [1.807, 2.05) is 13.8 Å². The number of carbonyl (C=O) groups is 2. The number of hydrogen-bond acceptors (Lipinski definition) is 3. The molecule has 1 rings (SSSR count). The molecule has 1 fully saturated rings. The molecule has 0 bridgehead atoms. The Bertz CT molecular complexity index is 333. The van der Waals surface area contributed by atoms with Gasteiger partial charge in [-0.25, -0.2) is 4.79 Å². The van der Waals surface area contributed by atoms with Crippen LogP contribution in [0.2, 0.25) is 0 Å². The van der Waals surface area contributed by atoms with Crippen molar-refractivity contribution in [3.05, 3.63) is 0 Å². The van der Waals surface area contributed by atoms with E-state index in [-0.39, 0.29) is 18.4 Å². The average Bonchev–Trinajstić information content (AvgIpc) is 2.38. The lowest BCUT2D eigenvalue weighted by molar-refractivity contribution is -0.150. The standard InChI is InChI=1S/C15H27NO4/c1-4-12-5-8-15(9-6-12,14(18)19)16-13(17)7-10-20-11(2)3/h11-12H,4-10H2,1-3H3,(H,16,17)(H,18,19). The van der Waals surface area contributed by atoms with Gasteiger partial charge < -0.3 is 15.2 Å². The van der Waals surface area contributed by atoms with Gasteiger partial charge in [-0.3, -0.25) is 4.79 Å². The van der Waals surface area contributed by atoms with Crippen LogP contribution in [0, 0.1) is 5.92 Å². The number of nitrogens with one attached hydrogen (secondary N) is 1. The number of ether oxygens (including phenoxy) is 1. The van der Waals surface area contributed by atoms with Gasteiger partial charge in [0.25, 0.3) is 0 Å². The molecule has 1 saturated carbocycles. The van der Waals surface area contributed by atoms with E-state index in [2.05, 4.69) is 12.2 Å². The summed E-state index contributed by atoms with van der Waals surface area (Å²) in [7, 11) is 0. The lowest BCUT2D eigenvalue weighted by atomic mass is 9.75. The van der Waals surface area contributed by atoms with Crippen LogP contribution in [0.25, 0.3) is 0 Å². The monoisotopic (exact) mass is 285 g/mol. The van der Waals surface area contributed by atoms with Gasteiger partial charge >= 0.3 is 5.97 Å². The Balaban J connectivity index is 2.51. The Morgan fingerprint density at radius 2 is 1.95 bits per heavy atom. The highest BCUT2D eigenvalue weighted by atomic mass is 16.5. The summed E-state index contributed by atoms with van der Waals surface area (Å²) in [5.74, 6) is -0.558. The molecule has 1 aliphatic rings. The molecule has 0 heterocycles. The van der Waals surface area contributed by atoms with Crippen molar-refractivity contribution in [3.63, 3.8) is 0 Å². The Morgan fingerprint density at radius 1 is 1.35 bits per heavy atom. The van der Waals surface area contributed by atoms with Crippen LogP contribution >= 0.6 is 0 Å². The highest BCUT2D eigenvalue weighted by molar-refractivity contribution is 5.87. The number of carbonyl (C=O) groups excluding carboxylic acids is 1. The molecule has 1 aliphatic carbocycles. The maximum absolute atomic E-state index is 11.9. The molecule has 0 saturated heterocycles. The van der Waals surface area contributed by atoms with E-state index >= 15 is 0 Å². The van der Waals surface area contributed by atoms with E-state index in [1.54, 1.807) is 0 Å². The van der Waals surface area contributed by atoms with Gasteiger partial charge in [0.1, 0.15) is 5.54 Å². The first-order valence-corrected chi connectivity index (χ1v) is 7.55. The molecular weight excluding hydrogens is 258 g/mol. The van der Waals surface area contributed by atoms with Crippen molar-refractivity contribution in [2.45, 2.75) is 70.9 Å². The van der Waals surface area contributed by atoms with Gasteiger partial charge in [-0.1, -0.05) is 13.3 Å². The van der Waals surface area contributed by atoms with Crippen molar-refractivity contribution in [2.75, 3.05) is 6.61 Å². The maximum Gasteiger partial charge on any atom is 0.329 e. The first-order chi connectivity index (χ1) is 9.39. The summed E-state index contributed by atoms with van der Waals surface area (Å²) in [6.45, 7) is 6.27. The van der Waals surface area contributed by atoms with Gasteiger partial charge in [0.05, 0.1) is 12.7 Å². The molecule has 1 amide bonds. The predicted molar refractivity (Wildman–Crippen MR) is 76.5 cm³/mol. The molecule has 0 radical (unpaired) electrons. The molecule has 0 aromatic rings. The SMILES string of the molecule is CCC1CCC(NC(=O)CCOC(C)C)(C(=O)O)CC1. The maximum atomic E-state index is 11.9. The van der Waals surface area contributed by atoms with Crippen LogP contribution in [0.1, 0.15) is 59.3 Å². The Kier molecular flexibility index (Phi) is 6.46. The number of aliphatic carboxylic acids is 1. The largest absolute Gasteiger partial charge is 0.480 e. The van der Waals surface area contributed by atoms with Gasteiger partial charge in [-0.05, 0) is 45.4 Å². The van der Waals surface area contributed by atoms with E-state index in [0.717, 1.165) is 19.3 Å². The van der Waals surface area contributed by atoms with E-state index in [9.17, 15) is 14.7 Å². The lowest BCUT2D eigenvalue weighted by Gasteiger charge is -2.37. The summed E-state index contributed by atoms with van der Waals surface area (Å²) in [6.07, 6.45) is 4.15. The summed E-state index contributed by atoms with van der Waals surface area (Å²) in [5, 5.41) is 12.2. The second-order valence-electron chi connectivity index (χ2n) is 5.96. The van der Waals surface area contributed by atoms with Crippen LogP contribution in [0.5, 0.6) is 0 Å². The average molecular weight is 285 g/mol. The second kappa shape index (κ2) is 7.62. The Morgan fingerprint density at radius 3 is 2.40 bits per heavy atom. The molecule has 5 nitrogen and oxygen atoms in total. The van der Waals surface area contributed by atoms with Gasteiger partial charge in [0.2, 0.25) is 5.91 Å². The molecule has 0 aromatic heterocycles. The summed E-state index contributed by atoms with van der Waals surface area (Å²) >= 11 is 0. The van der Waals surface area contributed by atoms with Crippen molar-refractivity contribution in [1.29, 1.82) is 0 Å². The van der Waals surface area contributed by atoms with E-state index in [1.165, 1.54) is 0 Å². The zero-order valence-electron chi connectivity index (χ0n) is 12.8. The second-order valence-corrected chi connectivity index (χ2v) is 5.96. The van der Waals surface area contributed by atoms with Crippen LogP contribution < -0.4 is 5.32 Å². The highest BCUT2D eigenvalue weighted by Gasteiger charge is 2.42. The van der Waals surface area contributed by atoms with Crippen molar-refractivity contribution >= 4 is 11.9 Å². The molecule has 116 valence electrons. The van der Waals surface area contributed by atoms with Crippen LogP contribution in [-0.4, -0.2) is 35.2 Å².